The molecule has 166 valence electrons. The molecule has 1 nitrogen and oxygen atoms in total. The average Bonchev–Trinajstić information content (AvgIpc) is 2.78. The van der Waals surface area contributed by atoms with Crippen molar-refractivity contribution in [3.8, 4) is 17.9 Å². The summed E-state index contributed by atoms with van der Waals surface area (Å²) in [5, 5.41) is 8.72. The van der Waals surface area contributed by atoms with E-state index in [2.05, 4.69) is 24.8 Å². The zero-order valence-electron chi connectivity index (χ0n) is 18.8. The van der Waals surface area contributed by atoms with Crippen LogP contribution in [-0.2, 0) is 0 Å². The van der Waals surface area contributed by atoms with Crippen molar-refractivity contribution in [2.45, 2.75) is 84.0 Å². The molecule has 0 aromatic heterocycles. The van der Waals surface area contributed by atoms with Crippen molar-refractivity contribution in [1.29, 1.82) is 5.26 Å². The van der Waals surface area contributed by atoms with Gasteiger partial charge in [0.05, 0.1) is 0 Å². The van der Waals surface area contributed by atoms with E-state index in [1.807, 2.05) is 6.08 Å². The van der Waals surface area contributed by atoms with Crippen LogP contribution in [0.2, 0.25) is 0 Å². The second kappa shape index (κ2) is 12.0. The molecule has 0 unspecified atom stereocenters. The van der Waals surface area contributed by atoms with Gasteiger partial charge in [-0.25, -0.2) is 8.78 Å². The third-order valence-electron chi connectivity index (χ3n) is 7.41. The van der Waals surface area contributed by atoms with E-state index >= 15 is 0 Å². The fourth-order valence-corrected chi connectivity index (χ4v) is 5.50. The first kappa shape index (κ1) is 23.5. The van der Waals surface area contributed by atoms with Gasteiger partial charge < -0.3 is 0 Å². The van der Waals surface area contributed by atoms with Crippen LogP contribution in [-0.4, -0.2) is 0 Å². The highest BCUT2D eigenvalue weighted by Crippen LogP contribution is 2.42. The number of hydrogen-bond acceptors (Lipinski definition) is 1. The van der Waals surface area contributed by atoms with Gasteiger partial charge >= 0.3 is 0 Å². The minimum Gasteiger partial charge on any atom is -0.205 e. The van der Waals surface area contributed by atoms with Crippen LogP contribution in [0.15, 0.2) is 24.3 Å². The van der Waals surface area contributed by atoms with Gasteiger partial charge in [0.15, 0.2) is 0 Å². The SMILES string of the molecule is CCCCC[C@H]1CC[C@H](C2CCC(/C=C/C#Cc3cc(F)c(C#N)c(F)c3)CC2)CC1. The van der Waals surface area contributed by atoms with Gasteiger partial charge in [-0.3, -0.25) is 0 Å². The normalized spacial score (nSPS) is 26.3. The fraction of sp³-hybridized carbons (Fsp3) is 0.607. The van der Waals surface area contributed by atoms with Gasteiger partial charge in [0.25, 0.3) is 0 Å². The van der Waals surface area contributed by atoms with Gasteiger partial charge in [0, 0.05) is 5.56 Å². The lowest BCUT2D eigenvalue weighted by Crippen LogP contribution is -2.25. The molecular weight excluding hydrogens is 388 g/mol. The number of allylic oxidation sites excluding steroid dienone is 2. The molecular formula is C28H35F2N. The molecule has 0 aliphatic heterocycles. The maximum atomic E-state index is 13.6. The zero-order valence-corrected chi connectivity index (χ0v) is 18.8. The highest BCUT2D eigenvalue weighted by atomic mass is 19.1. The first-order valence-electron chi connectivity index (χ1n) is 12.2. The predicted molar refractivity (Wildman–Crippen MR) is 122 cm³/mol. The molecule has 2 saturated carbocycles. The van der Waals surface area contributed by atoms with Crippen LogP contribution >= 0.6 is 0 Å². The van der Waals surface area contributed by atoms with Gasteiger partial charge in [0.2, 0.25) is 0 Å². The summed E-state index contributed by atoms with van der Waals surface area (Å²) in [5.41, 5.74) is -0.296. The molecule has 0 N–H and O–H groups in total. The Morgan fingerprint density at radius 3 is 2.13 bits per heavy atom. The molecule has 0 bridgehead atoms. The Labute approximate surface area is 186 Å². The molecule has 1 aromatic rings. The molecule has 2 aliphatic carbocycles. The Bertz CT molecular complexity index is 815. The Morgan fingerprint density at radius 1 is 0.935 bits per heavy atom. The fourth-order valence-electron chi connectivity index (χ4n) is 5.50. The number of rotatable bonds is 6. The predicted octanol–water partition coefficient (Wildman–Crippen LogP) is 7.94. The van der Waals surface area contributed by atoms with E-state index in [4.69, 9.17) is 5.26 Å². The first-order chi connectivity index (χ1) is 15.1. The number of halogens is 2. The smallest absolute Gasteiger partial charge is 0.145 e. The van der Waals surface area contributed by atoms with E-state index in [1.54, 1.807) is 0 Å². The molecule has 31 heavy (non-hydrogen) atoms. The van der Waals surface area contributed by atoms with Crippen molar-refractivity contribution in [2.75, 3.05) is 0 Å². The molecule has 3 rings (SSSR count). The number of hydrogen-bond donors (Lipinski definition) is 0. The summed E-state index contributed by atoms with van der Waals surface area (Å²) in [6.07, 6.45) is 20.4. The van der Waals surface area contributed by atoms with E-state index < -0.39 is 17.2 Å². The van der Waals surface area contributed by atoms with Crippen LogP contribution in [0.5, 0.6) is 0 Å². The minimum absolute atomic E-state index is 0.257. The summed E-state index contributed by atoms with van der Waals surface area (Å²) in [6.45, 7) is 2.28. The summed E-state index contributed by atoms with van der Waals surface area (Å²) in [7, 11) is 0. The lowest BCUT2D eigenvalue weighted by Gasteiger charge is -2.37. The molecule has 0 heterocycles. The third kappa shape index (κ3) is 6.93. The van der Waals surface area contributed by atoms with Gasteiger partial charge in [-0.2, -0.15) is 5.26 Å². The van der Waals surface area contributed by atoms with E-state index in [-0.39, 0.29) is 5.56 Å². The summed E-state index contributed by atoms with van der Waals surface area (Å²) >= 11 is 0. The maximum Gasteiger partial charge on any atom is 0.145 e. The van der Waals surface area contributed by atoms with Crippen LogP contribution in [0.1, 0.15) is 95.1 Å². The molecule has 0 spiro atoms. The molecule has 1 aromatic carbocycles. The van der Waals surface area contributed by atoms with Crippen molar-refractivity contribution >= 4 is 0 Å². The molecule has 0 saturated heterocycles. The van der Waals surface area contributed by atoms with Crippen LogP contribution in [0.25, 0.3) is 0 Å². The minimum atomic E-state index is -0.857. The second-order valence-corrected chi connectivity index (χ2v) is 9.51. The van der Waals surface area contributed by atoms with Gasteiger partial charge in [-0.1, -0.05) is 63.4 Å². The largest absolute Gasteiger partial charge is 0.205 e. The molecule has 0 atom stereocenters. The number of unbranched alkanes of at least 4 members (excludes halogenated alkanes) is 2. The summed E-state index contributed by atoms with van der Waals surface area (Å²) in [4.78, 5) is 0. The van der Waals surface area contributed by atoms with E-state index in [0.29, 0.717) is 5.92 Å². The van der Waals surface area contributed by atoms with E-state index in [1.165, 1.54) is 83.1 Å². The summed E-state index contributed by atoms with van der Waals surface area (Å²) in [5.74, 6) is 7.34. The zero-order chi connectivity index (χ0) is 22.1. The highest BCUT2D eigenvalue weighted by Gasteiger charge is 2.30. The van der Waals surface area contributed by atoms with Gasteiger partial charge in [0.1, 0.15) is 23.3 Å². The second-order valence-electron chi connectivity index (χ2n) is 9.51. The van der Waals surface area contributed by atoms with Crippen molar-refractivity contribution in [3.05, 3.63) is 47.0 Å². The Kier molecular flexibility index (Phi) is 9.14. The van der Waals surface area contributed by atoms with Crippen LogP contribution in [0.3, 0.4) is 0 Å². The Morgan fingerprint density at radius 2 is 1.55 bits per heavy atom. The molecule has 2 aliphatic rings. The van der Waals surface area contributed by atoms with E-state index in [9.17, 15) is 8.78 Å². The number of nitriles is 1. The lowest BCUT2D eigenvalue weighted by atomic mass is 9.68. The topological polar surface area (TPSA) is 23.8 Å². The monoisotopic (exact) mass is 423 g/mol. The molecule has 3 heteroatoms. The van der Waals surface area contributed by atoms with Crippen molar-refractivity contribution < 1.29 is 8.78 Å². The first-order valence-corrected chi connectivity index (χ1v) is 12.2. The van der Waals surface area contributed by atoms with Crippen LogP contribution in [0.4, 0.5) is 8.78 Å². The summed E-state index contributed by atoms with van der Waals surface area (Å²) < 4.78 is 27.3. The highest BCUT2D eigenvalue weighted by molar-refractivity contribution is 5.43. The number of nitrogens with zero attached hydrogens (tertiary/aromatic N) is 1. The van der Waals surface area contributed by atoms with Gasteiger partial charge in [-0.15, -0.1) is 0 Å². The summed E-state index contributed by atoms with van der Waals surface area (Å²) in [6, 6.07) is 3.76. The molecule has 0 amide bonds. The average molecular weight is 424 g/mol. The Balaban J connectivity index is 1.41. The van der Waals surface area contributed by atoms with Crippen LogP contribution < -0.4 is 0 Å². The van der Waals surface area contributed by atoms with Gasteiger partial charge in [-0.05, 0) is 80.4 Å². The van der Waals surface area contributed by atoms with Crippen molar-refractivity contribution in [2.24, 2.45) is 23.7 Å². The Hall–Kier alpha value is -2.13. The van der Waals surface area contributed by atoms with Crippen molar-refractivity contribution in [3.63, 3.8) is 0 Å². The maximum absolute atomic E-state index is 13.6. The molecule has 2 fully saturated rings. The lowest BCUT2D eigenvalue weighted by molar-refractivity contribution is 0.151. The number of benzene rings is 1. The standard InChI is InChI=1S/C28H35F2N/c1-2-3-4-7-21-10-14-24(15-11-21)25-16-12-22(13-17-25)8-5-6-9-23-18-27(29)26(20-31)28(30)19-23/h5,8,18-19,21-22,24-25H,2-4,7,10-17H2,1H3/b8-5+/t21-,22?,24-,25?. The quantitative estimate of drug-likeness (QED) is 0.336. The van der Waals surface area contributed by atoms with E-state index in [0.717, 1.165) is 29.9 Å². The van der Waals surface area contributed by atoms with Crippen molar-refractivity contribution in [1.82, 2.24) is 0 Å². The molecule has 0 radical (unpaired) electrons. The van der Waals surface area contributed by atoms with Crippen LogP contribution in [0, 0.1) is 58.5 Å². The third-order valence-corrected chi connectivity index (χ3v) is 7.41.